The molecule has 24 heavy (non-hydrogen) atoms. The van der Waals surface area contributed by atoms with Crippen molar-refractivity contribution in [2.24, 2.45) is 4.99 Å². The minimum absolute atomic E-state index is 0. The van der Waals surface area contributed by atoms with E-state index in [0.29, 0.717) is 0 Å². The van der Waals surface area contributed by atoms with E-state index >= 15 is 0 Å². The van der Waals surface area contributed by atoms with Crippen LogP contribution >= 0.6 is 24.0 Å². The van der Waals surface area contributed by atoms with E-state index in [4.69, 9.17) is 4.74 Å². The highest BCUT2D eigenvalue weighted by Gasteiger charge is 2.34. The van der Waals surface area contributed by atoms with Crippen molar-refractivity contribution in [3.05, 3.63) is 30.1 Å². The summed E-state index contributed by atoms with van der Waals surface area (Å²) in [6.45, 7) is 3.33. The molecule has 0 bridgehead atoms. The van der Waals surface area contributed by atoms with Crippen LogP contribution in [0.1, 0.15) is 18.5 Å². The van der Waals surface area contributed by atoms with Crippen molar-refractivity contribution in [1.29, 1.82) is 0 Å². The highest BCUT2D eigenvalue weighted by Crippen LogP contribution is 2.24. The summed E-state index contributed by atoms with van der Waals surface area (Å²) in [4.78, 5) is 11.0. The normalized spacial score (nSPS) is 17.2. The Hall–Kier alpha value is -0.930. The lowest BCUT2D eigenvalue weighted by molar-refractivity contribution is -0.00501. The lowest BCUT2D eigenvalue weighted by Crippen LogP contribution is -2.57. The van der Waals surface area contributed by atoms with Gasteiger partial charge in [0.05, 0.1) is 0 Å². The summed E-state index contributed by atoms with van der Waals surface area (Å²) in [7, 11) is 6.09. The van der Waals surface area contributed by atoms with Crippen molar-refractivity contribution < 1.29 is 4.74 Å². The van der Waals surface area contributed by atoms with Gasteiger partial charge in [-0.05, 0) is 39.1 Å². The molecule has 0 unspecified atom stereocenters. The second kappa shape index (κ2) is 10.8. The number of halogens is 1. The van der Waals surface area contributed by atoms with Gasteiger partial charge in [-0.15, -0.1) is 24.0 Å². The van der Waals surface area contributed by atoms with E-state index in [1.165, 1.54) is 0 Å². The van der Waals surface area contributed by atoms with Gasteiger partial charge < -0.3 is 20.3 Å². The van der Waals surface area contributed by atoms with Gasteiger partial charge in [0.2, 0.25) is 0 Å². The van der Waals surface area contributed by atoms with Crippen LogP contribution in [0, 0.1) is 0 Å². The van der Waals surface area contributed by atoms with Crippen molar-refractivity contribution in [3.63, 3.8) is 0 Å². The first kappa shape index (κ1) is 21.1. The molecular formula is C17H30IN5O. The number of nitrogens with zero attached hydrogens (tertiary/aromatic N) is 3. The molecule has 2 rings (SSSR count). The summed E-state index contributed by atoms with van der Waals surface area (Å²) in [5.41, 5.74) is 1.22. The molecule has 2 N–H and O–H groups in total. The molecule has 1 aromatic heterocycles. The first-order chi connectivity index (χ1) is 11.2. The summed E-state index contributed by atoms with van der Waals surface area (Å²) in [6.07, 6.45) is 4.79. The first-order valence-corrected chi connectivity index (χ1v) is 8.26. The van der Waals surface area contributed by atoms with Crippen molar-refractivity contribution in [2.45, 2.75) is 24.8 Å². The zero-order chi connectivity index (χ0) is 16.5. The quantitative estimate of drug-likeness (QED) is 0.394. The predicted molar refractivity (Wildman–Crippen MR) is 109 cm³/mol. The van der Waals surface area contributed by atoms with E-state index in [1.807, 2.05) is 31.4 Å². The molecule has 1 aliphatic rings. The monoisotopic (exact) mass is 447 g/mol. The number of ether oxygens (including phenoxy) is 1. The van der Waals surface area contributed by atoms with Crippen molar-refractivity contribution in [3.8, 4) is 0 Å². The van der Waals surface area contributed by atoms with Crippen molar-refractivity contribution >= 4 is 29.9 Å². The predicted octanol–water partition coefficient (Wildman–Crippen LogP) is 1.52. The molecule has 0 aromatic carbocycles. The lowest BCUT2D eigenvalue weighted by atomic mass is 9.88. The smallest absolute Gasteiger partial charge is 0.191 e. The van der Waals surface area contributed by atoms with Crippen LogP contribution in [0.15, 0.2) is 29.4 Å². The number of hydrogen-bond acceptors (Lipinski definition) is 4. The minimum atomic E-state index is 0. The average molecular weight is 447 g/mol. The van der Waals surface area contributed by atoms with Gasteiger partial charge in [0, 0.05) is 57.2 Å². The Bertz CT molecular complexity index is 489. The topological polar surface area (TPSA) is 61.8 Å². The number of aromatic nitrogens is 1. The number of likely N-dealkylation sites (N-methyl/N-ethyl adjacent to an activating group) is 1. The summed E-state index contributed by atoms with van der Waals surface area (Å²) < 4.78 is 5.51. The number of rotatable bonds is 6. The second-order valence-corrected chi connectivity index (χ2v) is 6.15. The molecule has 2 heterocycles. The van der Waals surface area contributed by atoms with Gasteiger partial charge in [0.1, 0.15) is 0 Å². The molecule has 0 saturated carbocycles. The molecular weight excluding hydrogens is 417 g/mol. The highest BCUT2D eigenvalue weighted by atomic mass is 127. The maximum Gasteiger partial charge on any atom is 0.191 e. The molecule has 0 aliphatic carbocycles. The third kappa shape index (κ3) is 6.18. The maximum absolute atomic E-state index is 5.51. The van der Waals surface area contributed by atoms with Gasteiger partial charge in [-0.1, -0.05) is 6.07 Å². The molecule has 1 fully saturated rings. The van der Waals surface area contributed by atoms with Crippen molar-refractivity contribution in [2.75, 3.05) is 47.4 Å². The van der Waals surface area contributed by atoms with Gasteiger partial charge in [-0.2, -0.15) is 0 Å². The zero-order valence-electron chi connectivity index (χ0n) is 14.9. The van der Waals surface area contributed by atoms with Gasteiger partial charge in [-0.3, -0.25) is 9.98 Å². The molecule has 0 atom stereocenters. The minimum Gasteiger partial charge on any atom is -0.381 e. The molecule has 7 heteroatoms. The zero-order valence-corrected chi connectivity index (χ0v) is 17.2. The standard InChI is InChI=1S/C17H29N5O.HI/c1-18-16(20-11-7-15-6-4-5-10-19-15)21-14-17(22(2)3)8-12-23-13-9-17;/h4-6,10H,7-9,11-14H2,1-3H3,(H2,18,20,21);1H. The Kier molecular flexibility index (Phi) is 9.53. The fourth-order valence-corrected chi connectivity index (χ4v) is 2.86. The van der Waals surface area contributed by atoms with Crippen LogP contribution in [0.3, 0.4) is 0 Å². The second-order valence-electron chi connectivity index (χ2n) is 6.15. The summed E-state index contributed by atoms with van der Waals surface area (Å²) >= 11 is 0. The molecule has 0 spiro atoms. The molecule has 1 aromatic rings. The summed E-state index contributed by atoms with van der Waals surface area (Å²) in [6, 6.07) is 5.99. The molecule has 1 aliphatic heterocycles. The van der Waals surface area contributed by atoms with Crippen LogP contribution in [0.25, 0.3) is 0 Å². The van der Waals surface area contributed by atoms with Crippen LogP contribution in [0.4, 0.5) is 0 Å². The Morgan fingerprint density at radius 2 is 2.04 bits per heavy atom. The van der Waals surface area contributed by atoms with Gasteiger partial charge in [0.15, 0.2) is 5.96 Å². The SMILES string of the molecule is CN=C(NCCc1ccccn1)NCC1(N(C)C)CCOCC1.I. The molecule has 0 amide bonds. The Labute approximate surface area is 162 Å². The molecule has 1 saturated heterocycles. The van der Waals surface area contributed by atoms with E-state index in [9.17, 15) is 0 Å². The van der Waals surface area contributed by atoms with Gasteiger partial charge in [0.25, 0.3) is 0 Å². The maximum atomic E-state index is 5.51. The summed E-state index contributed by atoms with van der Waals surface area (Å²) in [5.74, 6) is 0.841. The highest BCUT2D eigenvalue weighted by molar-refractivity contribution is 14.0. The average Bonchev–Trinajstić information content (AvgIpc) is 2.59. The van der Waals surface area contributed by atoms with E-state index in [1.54, 1.807) is 0 Å². The molecule has 136 valence electrons. The van der Waals surface area contributed by atoms with E-state index in [-0.39, 0.29) is 29.5 Å². The van der Waals surface area contributed by atoms with Gasteiger partial charge in [-0.25, -0.2) is 0 Å². The van der Waals surface area contributed by atoms with Crippen LogP contribution in [0.2, 0.25) is 0 Å². The number of pyridine rings is 1. The molecule has 0 radical (unpaired) electrons. The van der Waals surface area contributed by atoms with Crippen LogP contribution in [0.5, 0.6) is 0 Å². The lowest BCUT2D eigenvalue weighted by Gasteiger charge is -2.43. The Morgan fingerprint density at radius 1 is 1.29 bits per heavy atom. The summed E-state index contributed by atoms with van der Waals surface area (Å²) in [5, 5.41) is 6.83. The van der Waals surface area contributed by atoms with Crippen LogP contribution < -0.4 is 10.6 Å². The molecule has 6 nitrogen and oxygen atoms in total. The van der Waals surface area contributed by atoms with E-state index < -0.39 is 0 Å². The number of aliphatic imine (C=N–C) groups is 1. The Balaban J connectivity index is 0.00000288. The first-order valence-electron chi connectivity index (χ1n) is 8.26. The van der Waals surface area contributed by atoms with Crippen molar-refractivity contribution in [1.82, 2.24) is 20.5 Å². The number of nitrogens with one attached hydrogen (secondary N) is 2. The van der Waals surface area contributed by atoms with Gasteiger partial charge >= 0.3 is 0 Å². The van der Waals surface area contributed by atoms with Crippen LogP contribution in [-0.4, -0.2) is 68.8 Å². The fraction of sp³-hybridized carbons (Fsp3) is 0.647. The Morgan fingerprint density at radius 3 is 2.62 bits per heavy atom. The van der Waals surface area contributed by atoms with Crippen LogP contribution in [-0.2, 0) is 11.2 Å². The largest absolute Gasteiger partial charge is 0.381 e. The third-order valence-electron chi connectivity index (χ3n) is 4.58. The number of guanidine groups is 1. The third-order valence-corrected chi connectivity index (χ3v) is 4.58. The van der Waals surface area contributed by atoms with E-state index in [2.05, 4.69) is 39.6 Å². The van der Waals surface area contributed by atoms with E-state index in [0.717, 1.165) is 57.2 Å². The number of hydrogen-bond donors (Lipinski definition) is 2. The fourth-order valence-electron chi connectivity index (χ4n) is 2.86.